The molecule has 0 fully saturated rings. The molecule has 2 aromatic rings. The van der Waals surface area contributed by atoms with Crippen molar-refractivity contribution >= 4 is 11.9 Å². The zero-order valence-corrected chi connectivity index (χ0v) is 12.5. The molecule has 4 N–H and O–H groups in total. The van der Waals surface area contributed by atoms with Crippen LogP contribution in [0.2, 0.25) is 0 Å². The molecule has 3 heterocycles. The Morgan fingerprint density at radius 3 is 2.78 bits per heavy atom. The minimum atomic E-state index is -0.0413. The summed E-state index contributed by atoms with van der Waals surface area (Å²) in [6.07, 6.45) is 2.26. The van der Waals surface area contributed by atoms with Crippen LogP contribution in [0, 0.1) is 0 Å². The number of nitrogens with two attached hydrogens (primary N) is 1. The normalized spacial score (nSPS) is 23.2. The summed E-state index contributed by atoms with van der Waals surface area (Å²) < 4.78 is 0. The number of hydrogen-bond donors (Lipinski definition) is 3. The molecule has 0 saturated heterocycles. The Morgan fingerprint density at radius 1 is 1.17 bits per heavy atom. The van der Waals surface area contributed by atoms with Crippen molar-refractivity contribution in [3.8, 4) is 0 Å². The lowest BCUT2D eigenvalue weighted by atomic mass is 9.90. The van der Waals surface area contributed by atoms with E-state index in [0.29, 0.717) is 13.0 Å². The average molecular weight is 307 g/mol. The maximum absolute atomic E-state index is 12.2. The van der Waals surface area contributed by atoms with Crippen LogP contribution in [0.15, 0.2) is 53.9 Å². The number of nitrogens with one attached hydrogen (secondary N) is 2. The molecule has 2 unspecified atom stereocenters. The van der Waals surface area contributed by atoms with Crippen LogP contribution in [0.5, 0.6) is 0 Å². The lowest BCUT2D eigenvalue weighted by Crippen LogP contribution is -2.37. The van der Waals surface area contributed by atoms with E-state index in [-0.39, 0.29) is 23.8 Å². The highest BCUT2D eigenvalue weighted by atomic mass is 16.1. The van der Waals surface area contributed by atoms with Crippen LogP contribution in [0.1, 0.15) is 29.6 Å². The molecule has 1 amide bonds. The van der Waals surface area contributed by atoms with Gasteiger partial charge in [-0.1, -0.05) is 30.3 Å². The summed E-state index contributed by atoms with van der Waals surface area (Å²) in [6.45, 7) is 0.604. The fourth-order valence-corrected chi connectivity index (χ4v) is 3.30. The fraction of sp³-hybridized carbons (Fsp3) is 0.235. The molecule has 2 aliphatic heterocycles. The van der Waals surface area contributed by atoms with E-state index in [1.54, 1.807) is 6.20 Å². The van der Waals surface area contributed by atoms with Gasteiger partial charge in [0.1, 0.15) is 0 Å². The lowest BCUT2D eigenvalue weighted by molar-refractivity contribution is -0.118. The first-order valence-electron chi connectivity index (χ1n) is 7.63. The van der Waals surface area contributed by atoms with E-state index in [0.717, 1.165) is 17.0 Å². The van der Waals surface area contributed by atoms with E-state index >= 15 is 0 Å². The zero-order valence-electron chi connectivity index (χ0n) is 12.5. The number of aromatic nitrogens is 2. The molecular formula is C17H17N5O. The third kappa shape index (κ3) is 2.42. The molecule has 0 spiro atoms. The number of hydrogen-bond acceptors (Lipinski definition) is 5. The van der Waals surface area contributed by atoms with Gasteiger partial charge in [-0.2, -0.15) is 0 Å². The van der Waals surface area contributed by atoms with Gasteiger partial charge in [-0.15, -0.1) is 0 Å². The Labute approximate surface area is 133 Å². The van der Waals surface area contributed by atoms with Crippen molar-refractivity contribution in [3.63, 3.8) is 0 Å². The van der Waals surface area contributed by atoms with Crippen molar-refractivity contribution in [2.75, 3.05) is 12.3 Å². The SMILES string of the molecule is Nc1nccc(C2CC3=C(N2)C(c2ccccc2)CNC3=O)n1. The van der Waals surface area contributed by atoms with Gasteiger partial charge in [0, 0.05) is 36.4 Å². The zero-order chi connectivity index (χ0) is 15.8. The van der Waals surface area contributed by atoms with Gasteiger partial charge in [0.25, 0.3) is 0 Å². The first-order valence-corrected chi connectivity index (χ1v) is 7.63. The Bertz CT molecular complexity index is 787. The molecule has 6 nitrogen and oxygen atoms in total. The standard InChI is InChI=1S/C17H17N5O/c18-17-19-7-6-13(22-17)14-8-11-15(21-14)12(9-20-16(11)23)10-4-2-1-3-5-10/h1-7,12,14,21H,8-9H2,(H,20,23)(H2,18,19,22). The number of carbonyl (C=O) groups excluding carboxylic acids is 1. The Balaban J connectivity index is 1.67. The van der Waals surface area contributed by atoms with Gasteiger partial charge in [0.2, 0.25) is 11.9 Å². The monoisotopic (exact) mass is 307 g/mol. The summed E-state index contributed by atoms with van der Waals surface area (Å²) in [5, 5.41) is 6.48. The number of rotatable bonds is 2. The summed E-state index contributed by atoms with van der Waals surface area (Å²) in [4.78, 5) is 20.4. The molecule has 0 bridgehead atoms. The van der Waals surface area contributed by atoms with Crippen LogP contribution >= 0.6 is 0 Å². The Kier molecular flexibility index (Phi) is 3.22. The molecule has 4 rings (SSSR count). The first-order chi connectivity index (χ1) is 11.2. The van der Waals surface area contributed by atoms with Crippen LogP contribution in [0.4, 0.5) is 5.95 Å². The lowest BCUT2D eigenvalue weighted by Gasteiger charge is -2.26. The molecule has 1 aromatic heterocycles. The van der Waals surface area contributed by atoms with Crippen molar-refractivity contribution in [3.05, 3.63) is 65.1 Å². The molecule has 116 valence electrons. The van der Waals surface area contributed by atoms with Gasteiger partial charge in [-0.05, 0) is 11.6 Å². The van der Waals surface area contributed by atoms with Crippen molar-refractivity contribution in [1.82, 2.24) is 20.6 Å². The number of nitrogens with zero attached hydrogens (tertiary/aromatic N) is 2. The van der Waals surface area contributed by atoms with Crippen LogP contribution in [-0.4, -0.2) is 22.4 Å². The second-order valence-corrected chi connectivity index (χ2v) is 5.81. The molecule has 2 aliphatic rings. The van der Waals surface area contributed by atoms with E-state index < -0.39 is 0 Å². The molecule has 0 aliphatic carbocycles. The van der Waals surface area contributed by atoms with Crippen LogP contribution in [0.25, 0.3) is 0 Å². The van der Waals surface area contributed by atoms with E-state index in [9.17, 15) is 4.79 Å². The Hall–Kier alpha value is -2.89. The number of nitrogen functional groups attached to an aromatic ring is 1. The van der Waals surface area contributed by atoms with Gasteiger partial charge >= 0.3 is 0 Å². The van der Waals surface area contributed by atoms with Crippen LogP contribution in [-0.2, 0) is 4.79 Å². The molecule has 6 heteroatoms. The van der Waals surface area contributed by atoms with Crippen molar-refractivity contribution in [2.45, 2.75) is 18.4 Å². The average Bonchev–Trinajstić information content (AvgIpc) is 3.02. The Morgan fingerprint density at radius 2 is 2.00 bits per heavy atom. The van der Waals surface area contributed by atoms with E-state index in [2.05, 4.69) is 32.7 Å². The molecule has 0 saturated carbocycles. The highest BCUT2D eigenvalue weighted by Gasteiger charge is 2.37. The van der Waals surface area contributed by atoms with Gasteiger partial charge in [0.05, 0.1) is 11.7 Å². The van der Waals surface area contributed by atoms with E-state index in [1.165, 1.54) is 5.56 Å². The van der Waals surface area contributed by atoms with Gasteiger partial charge in [-0.25, -0.2) is 9.97 Å². The molecule has 23 heavy (non-hydrogen) atoms. The largest absolute Gasteiger partial charge is 0.379 e. The van der Waals surface area contributed by atoms with Crippen LogP contribution in [0.3, 0.4) is 0 Å². The number of carbonyl (C=O) groups is 1. The van der Waals surface area contributed by atoms with Gasteiger partial charge < -0.3 is 16.4 Å². The number of amides is 1. The van der Waals surface area contributed by atoms with E-state index in [4.69, 9.17) is 5.73 Å². The third-order valence-corrected chi connectivity index (χ3v) is 4.41. The quantitative estimate of drug-likeness (QED) is 0.777. The molecule has 0 radical (unpaired) electrons. The number of anilines is 1. The van der Waals surface area contributed by atoms with Gasteiger partial charge in [-0.3, -0.25) is 4.79 Å². The first kappa shape index (κ1) is 13.8. The van der Waals surface area contributed by atoms with E-state index in [1.807, 2.05) is 24.3 Å². The topological polar surface area (TPSA) is 92.9 Å². The fourth-order valence-electron chi connectivity index (χ4n) is 3.30. The van der Waals surface area contributed by atoms with Crippen molar-refractivity contribution < 1.29 is 4.79 Å². The summed E-state index contributed by atoms with van der Waals surface area (Å²) >= 11 is 0. The summed E-state index contributed by atoms with van der Waals surface area (Å²) in [5.41, 5.74) is 9.49. The highest BCUT2D eigenvalue weighted by molar-refractivity contribution is 5.96. The number of benzene rings is 1. The highest BCUT2D eigenvalue weighted by Crippen LogP contribution is 2.38. The molecular weight excluding hydrogens is 290 g/mol. The maximum atomic E-state index is 12.2. The second kappa shape index (κ2) is 5.39. The van der Waals surface area contributed by atoms with Crippen molar-refractivity contribution in [2.24, 2.45) is 0 Å². The summed E-state index contributed by atoms with van der Waals surface area (Å²) in [5.74, 6) is 0.399. The van der Waals surface area contributed by atoms with Crippen molar-refractivity contribution in [1.29, 1.82) is 0 Å². The summed E-state index contributed by atoms with van der Waals surface area (Å²) in [7, 11) is 0. The third-order valence-electron chi connectivity index (χ3n) is 4.41. The summed E-state index contributed by atoms with van der Waals surface area (Å²) in [6, 6.07) is 12.0. The smallest absolute Gasteiger partial charge is 0.249 e. The van der Waals surface area contributed by atoms with Gasteiger partial charge in [0.15, 0.2) is 0 Å². The minimum Gasteiger partial charge on any atom is -0.379 e. The molecule has 2 atom stereocenters. The van der Waals surface area contributed by atoms with Crippen LogP contribution < -0.4 is 16.4 Å². The molecule has 1 aromatic carbocycles. The second-order valence-electron chi connectivity index (χ2n) is 5.81. The minimum absolute atomic E-state index is 0.00390. The predicted molar refractivity (Wildman–Crippen MR) is 86.2 cm³/mol. The predicted octanol–water partition coefficient (Wildman–Crippen LogP) is 1.26. The maximum Gasteiger partial charge on any atom is 0.249 e.